The molecule has 1 heterocycles. The third-order valence-corrected chi connectivity index (χ3v) is 1.56. The van der Waals surface area contributed by atoms with E-state index in [1.807, 2.05) is 0 Å². The lowest BCUT2D eigenvalue weighted by Gasteiger charge is -1.99. The van der Waals surface area contributed by atoms with Crippen molar-refractivity contribution >= 4 is 14.2 Å². The van der Waals surface area contributed by atoms with Gasteiger partial charge in [-0.15, -0.1) is 6.58 Å². The third-order valence-electron chi connectivity index (χ3n) is 1.08. The van der Waals surface area contributed by atoms with Gasteiger partial charge in [-0.1, -0.05) is 6.08 Å². The second kappa shape index (κ2) is 6.69. The van der Waals surface area contributed by atoms with Crippen LogP contribution in [-0.4, -0.2) is 40.8 Å². The van der Waals surface area contributed by atoms with Gasteiger partial charge in [-0.05, 0) is 0 Å². The van der Waals surface area contributed by atoms with E-state index < -0.39 is 7.82 Å². The van der Waals surface area contributed by atoms with E-state index in [9.17, 15) is 4.57 Å². The first-order chi connectivity index (χ1) is 6.45. The summed E-state index contributed by atoms with van der Waals surface area (Å²) in [6, 6.07) is 0. The molecule has 0 spiro atoms. The number of aliphatic imine (C=N–C) groups is 1. The molecule has 1 rings (SSSR count). The fourth-order valence-corrected chi connectivity index (χ4v) is 0.843. The lowest BCUT2D eigenvalue weighted by Crippen LogP contribution is -2.26. The lowest BCUT2D eigenvalue weighted by atomic mass is 10.7. The number of rotatable bonds is 3. The summed E-state index contributed by atoms with van der Waals surface area (Å²) in [5, 5.41) is 1.57. The molecule has 1 aliphatic rings. The number of hydrogen-bond acceptors (Lipinski definition) is 5. The van der Waals surface area contributed by atoms with Crippen LogP contribution >= 0.6 is 7.82 Å². The van der Waals surface area contributed by atoms with Crippen molar-refractivity contribution in [1.82, 2.24) is 5.01 Å². The van der Waals surface area contributed by atoms with Crippen LogP contribution in [0.5, 0.6) is 0 Å². The Hall–Kier alpha value is -0.720. The monoisotopic (exact) mass is 223 g/mol. The Labute approximate surface area is 82.1 Å². The molecule has 0 saturated carbocycles. The number of phosphoric acid groups is 1. The number of nitrogens with zero attached hydrogens (tertiary/aromatic N) is 2. The van der Waals surface area contributed by atoms with Gasteiger partial charge in [0.15, 0.2) is 0 Å². The van der Waals surface area contributed by atoms with Crippen molar-refractivity contribution in [3.63, 3.8) is 0 Å². The average molecular weight is 223 g/mol. The fraction of sp³-hybridized carbons (Fsp3) is 0.500. The zero-order valence-corrected chi connectivity index (χ0v) is 8.51. The van der Waals surface area contributed by atoms with Gasteiger partial charge in [-0.25, -0.2) is 10.4 Å². The van der Waals surface area contributed by atoms with Gasteiger partial charge in [-0.3, -0.25) is 14.5 Å². The molecule has 0 unspecified atom stereocenters. The van der Waals surface area contributed by atoms with Gasteiger partial charge in [0.2, 0.25) is 0 Å². The van der Waals surface area contributed by atoms with E-state index in [-0.39, 0.29) is 6.61 Å². The topological polar surface area (TPSA) is 108 Å². The standard InChI is InChI=1S/C3H7N3.C3H7O4P/c4-6-2-1-5-3-6;1-2-3-7-8(4,5)6/h3H,1-2,4H2;2H,1,3H2,(H2,4,5,6). The Bertz CT molecular complexity index is 239. The maximum Gasteiger partial charge on any atom is 0.469 e. The fourth-order valence-electron chi connectivity index (χ4n) is 0.543. The largest absolute Gasteiger partial charge is 0.469 e. The van der Waals surface area contributed by atoms with Crippen molar-refractivity contribution < 1.29 is 18.9 Å². The molecule has 8 heteroatoms. The Morgan fingerprint density at radius 2 is 2.43 bits per heavy atom. The number of hydrazine groups is 1. The van der Waals surface area contributed by atoms with Gasteiger partial charge in [0.25, 0.3) is 0 Å². The number of nitrogens with two attached hydrogens (primary N) is 1. The van der Waals surface area contributed by atoms with E-state index in [0.717, 1.165) is 13.1 Å². The van der Waals surface area contributed by atoms with Crippen LogP contribution in [0.2, 0.25) is 0 Å². The average Bonchev–Trinajstić information content (AvgIpc) is 2.52. The second-order valence-corrected chi connectivity index (χ2v) is 3.57. The molecule has 0 aliphatic carbocycles. The summed E-state index contributed by atoms with van der Waals surface area (Å²) in [7, 11) is -4.25. The highest BCUT2D eigenvalue weighted by molar-refractivity contribution is 7.46. The van der Waals surface area contributed by atoms with Gasteiger partial charge in [0.05, 0.1) is 26.0 Å². The Morgan fingerprint density at radius 1 is 1.79 bits per heavy atom. The first kappa shape index (κ1) is 13.3. The van der Waals surface area contributed by atoms with E-state index in [4.69, 9.17) is 15.6 Å². The smallest absolute Gasteiger partial charge is 0.303 e. The summed E-state index contributed by atoms with van der Waals surface area (Å²) in [6.45, 7) is 4.81. The van der Waals surface area contributed by atoms with Crippen molar-refractivity contribution in [2.24, 2.45) is 10.8 Å². The molecular weight excluding hydrogens is 209 g/mol. The molecule has 0 amide bonds. The Kier molecular flexibility index (Phi) is 6.35. The molecular formula is C6H14N3O4P. The molecule has 0 saturated heterocycles. The SMILES string of the molecule is C=CCOP(=O)(O)O.NN1C=NCC1. The van der Waals surface area contributed by atoms with Gasteiger partial charge >= 0.3 is 7.82 Å². The van der Waals surface area contributed by atoms with Crippen LogP contribution in [-0.2, 0) is 9.09 Å². The summed E-state index contributed by atoms with van der Waals surface area (Å²) < 4.78 is 13.7. The highest BCUT2D eigenvalue weighted by atomic mass is 31.2. The van der Waals surface area contributed by atoms with Gasteiger partial charge < -0.3 is 9.79 Å². The maximum atomic E-state index is 9.81. The summed E-state index contributed by atoms with van der Waals surface area (Å²) in [5.41, 5.74) is 0. The van der Waals surface area contributed by atoms with Crippen LogP contribution in [0.1, 0.15) is 0 Å². The lowest BCUT2D eigenvalue weighted by molar-refractivity contribution is 0.216. The molecule has 0 radical (unpaired) electrons. The van der Waals surface area contributed by atoms with E-state index >= 15 is 0 Å². The first-order valence-corrected chi connectivity index (χ1v) is 5.31. The molecule has 0 aromatic heterocycles. The quantitative estimate of drug-likeness (QED) is 0.337. The normalized spacial score (nSPS) is 14.9. The van der Waals surface area contributed by atoms with Crippen molar-refractivity contribution in [1.29, 1.82) is 0 Å². The molecule has 0 bridgehead atoms. The summed E-state index contributed by atoms with van der Waals surface area (Å²) in [6.07, 6.45) is 2.90. The minimum atomic E-state index is -4.25. The Morgan fingerprint density at radius 3 is 2.57 bits per heavy atom. The summed E-state index contributed by atoms with van der Waals surface area (Å²) >= 11 is 0. The highest BCUT2D eigenvalue weighted by Crippen LogP contribution is 2.35. The molecule has 0 aromatic rings. The predicted molar refractivity (Wildman–Crippen MR) is 52.4 cm³/mol. The molecule has 14 heavy (non-hydrogen) atoms. The predicted octanol–water partition coefficient (Wildman–Crippen LogP) is -0.514. The first-order valence-electron chi connectivity index (χ1n) is 3.78. The zero-order valence-electron chi connectivity index (χ0n) is 7.61. The van der Waals surface area contributed by atoms with E-state index in [1.54, 1.807) is 11.3 Å². The van der Waals surface area contributed by atoms with Gasteiger partial charge in [0.1, 0.15) is 0 Å². The van der Waals surface area contributed by atoms with Crippen LogP contribution in [0.15, 0.2) is 17.6 Å². The summed E-state index contributed by atoms with van der Waals surface area (Å²) in [5.74, 6) is 5.22. The number of hydrogen-bond donors (Lipinski definition) is 3. The molecule has 0 fully saturated rings. The van der Waals surface area contributed by atoms with E-state index in [0.29, 0.717) is 0 Å². The molecule has 0 aromatic carbocycles. The van der Waals surface area contributed by atoms with Gasteiger partial charge in [-0.2, -0.15) is 0 Å². The summed E-state index contributed by atoms with van der Waals surface area (Å²) in [4.78, 5) is 19.8. The molecule has 1 aliphatic heterocycles. The van der Waals surface area contributed by atoms with Gasteiger partial charge in [0, 0.05) is 0 Å². The third kappa shape index (κ3) is 9.37. The van der Waals surface area contributed by atoms with Crippen LogP contribution in [0.25, 0.3) is 0 Å². The van der Waals surface area contributed by atoms with Crippen molar-refractivity contribution in [3.05, 3.63) is 12.7 Å². The minimum Gasteiger partial charge on any atom is -0.303 e. The highest BCUT2D eigenvalue weighted by Gasteiger charge is 2.10. The maximum absolute atomic E-state index is 9.81. The van der Waals surface area contributed by atoms with Crippen molar-refractivity contribution in [2.75, 3.05) is 19.7 Å². The molecule has 82 valence electrons. The molecule has 4 N–H and O–H groups in total. The van der Waals surface area contributed by atoms with Crippen LogP contribution in [0, 0.1) is 0 Å². The van der Waals surface area contributed by atoms with Crippen molar-refractivity contribution in [2.45, 2.75) is 0 Å². The van der Waals surface area contributed by atoms with Crippen molar-refractivity contribution in [3.8, 4) is 0 Å². The van der Waals surface area contributed by atoms with E-state index in [2.05, 4.69) is 16.1 Å². The van der Waals surface area contributed by atoms with Crippen LogP contribution in [0.4, 0.5) is 0 Å². The van der Waals surface area contributed by atoms with E-state index in [1.165, 1.54) is 6.08 Å². The second-order valence-electron chi connectivity index (χ2n) is 2.33. The minimum absolute atomic E-state index is 0.121. The number of phosphoric ester groups is 1. The molecule has 7 nitrogen and oxygen atoms in total. The molecule has 0 atom stereocenters. The Balaban J connectivity index is 0.000000249. The zero-order chi connectivity index (χ0) is 11.0. The van der Waals surface area contributed by atoms with Crippen LogP contribution in [0.3, 0.4) is 0 Å². The van der Waals surface area contributed by atoms with Crippen LogP contribution < -0.4 is 5.84 Å².